The van der Waals surface area contributed by atoms with Gasteiger partial charge in [0, 0.05) is 43.9 Å². The Bertz CT molecular complexity index is 680. The predicted molar refractivity (Wildman–Crippen MR) is 104 cm³/mol. The van der Waals surface area contributed by atoms with E-state index in [9.17, 15) is 9.59 Å². The van der Waals surface area contributed by atoms with Crippen molar-refractivity contribution in [1.82, 2.24) is 20.7 Å². The Morgan fingerprint density at radius 2 is 1.89 bits per heavy atom. The number of likely N-dealkylation sites (tertiary alicyclic amines) is 2. The van der Waals surface area contributed by atoms with E-state index in [1.807, 2.05) is 35.2 Å². The minimum atomic E-state index is -0.180. The number of benzene rings is 1. The van der Waals surface area contributed by atoms with Gasteiger partial charge >= 0.3 is 0 Å². The monoisotopic (exact) mass is 370 g/mol. The number of nitrogens with one attached hydrogen (secondary N) is 2. The van der Waals surface area contributed by atoms with Crippen molar-refractivity contribution < 1.29 is 9.59 Å². The molecule has 3 heterocycles. The second-order valence-corrected chi connectivity index (χ2v) is 8.34. The van der Waals surface area contributed by atoms with E-state index in [4.69, 9.17) is 0 Å². The number of fused-ring (bicyclic) bond motifs is 1. The Labute approximate surface area is 161 Å². The number of hydrazine groups is 1. The van der Waals surface area contributed by atoms with Gasteiger partial charge in [0.05, 0.1) is 0 Å². The van der Waals surface area contributed by atoms with Crippen LogP contribution < -0.4 is 10.9 Å². The number of carbonyl (C=O) groups excluding carboxylic acids is 2. The molecule has 146 valence electrons. The van der Waals surface area contributed by atoms with Gasteiger partial charge in [-0.15, -0.1) is 0 Å². The number of ketones is 1. The number of carbonyl (C=O) groups is 2. The SMILES string of the molecule is CN1CCC2NNC(C(=O)N3CCCC(C(=O)Cc4ccccc4)C3)C2C1. The summed E-state index contributed by atoms with van der Waals surface area (Å²) < 4.78 is 0. The predicted octanol–water partition coefficient (Wildman–Crippen LogP) is 0.834. The molecule has 1 aromatic rings. The van der Waals surface area contributed by atoms with Gasteiger partial charge in [-0.3, -0.25) is 15.0 Å². The third-order valence-corrected chi connectivity index (χ3v) is 6.39. The van der Waals surface area contributed by atoms with Crippen LogP contribution in [0.1, 0.15) is 24.8 Å². The number of hydrogen-bond donors (Lipinski definition) is 2. The lowest BCUT2D eigenvalue weighted by atomic mass is 9.86. The first-order valence-electron chi connectivity index (χ1n) is 10.2. The van der Waals surface area contributed by atoms with Gasteiger partial charge in [-0.2, -0.15) is 0 Å². The molecule has 4 rings (SSSR count). The number of hydrogen-bond acceptors (Lipinski definition) is 5. The van der Waals surface area contributed by atoms with Crippen LogP contribution in [0.5, 0.6) is 0 Å². The minimum absolute atomic E-state index is 0.0397. The summed E-state index contributed by atoms with van der Waals surface area (Å²) in [7, 11) is 2.12. The van der Waals surface area contributed by atoms with Gasteiger partial charge in [0.1, 0.15) is 11.8 Å². The van der Waals surface area contributed by atoms with Crippen molar-refractivity contribution in [2.24, 2.45) is 11.8 Å². The molecule has 4 unspecified atom stereocenters. The zero-order valence-corrected chi connectivity index (χ0v) is 16.1. The lowest BCUT2D eigenvalue weighted by Crippen LogP contribution is -2.53. The smallest absolute Gasteiger partial charge is 0.241 e. The Kier molecular flexibility index (Phi) is 5.57. The second kappa shape index (κ2) is 8.09. The molecule has 6 heteroatoms. The van der Waals surface area contributed by atoms with Crippen LogP contribution in [0, 0.1) is 11.8 Å². The largest absolute Gasteiger partial charge is 0.341 e. The molecule has 0 spiro atoms. The summed E-state index contributed by atoms with van der Waals surface area (Å²) in [6.45, 7) is 3.33. The number of nitrogens with zero attached hydrogens (tertiary/aromatic N) is 2. The maximum Gasteiger partial charge on any atom is 0.241 e. The fraction of sp³-hybridized carbons (Fsp3) is 0.619. The molecule has 1 aromatic carbocycles. The zero-order valence-electron chi connectivity index (χ0n) is 16.1. The fourth-order valence-corrected chi connectivity index (χ4v) is 4.80. The molecule has 6 nitrogen and oxygen atoms in total. The van der Waals surface area contributed by atoms with E-state index in [-0.39, 0.29) is 23.7 Å². The molecule has 0 radical (unpaired) electrons. The number of Topliss-reactive ketones (excluding diaryl/α,β-unsaturated/α-hetero) is 1. The summed E-state index contributed by atoms with van der Waals surface area (Å²) in [6.07, 6.45) is 3.33. The molecule has 0 aliphatic carbocycles. The van der Waals surface area contributed by atoms with E-state index >= 15 is 0 Å². The Morgan fingerprint density at radius 3 is 2.70 bits per heavy atom. The standard InChI is InChI=1S/C21H30N4O2/c1-24-11-9-18-17(14-24)20(23-22-18)21(27)25-10-5-8-16(13-25)19(26)12-15-6-3-2-4-7-15/h2-4,6-7,16-18,20,22-23H,5,8-14H2,1H3. The first kappa shape index (κ1) is 18.6. The number of rotatable bonds is 4. The van der Waals surface area contributed by atoms with Crippen LogP contribution in [0.4, 0.5) is 0 Å². The van der Waals surface area contributed by atoms with Crippen LogP contribution in [0.15, 0.2) is 30.3 Å². The van der Waals surface area contributed by atoms with E-state index in [2.05, 4.69) is 22.8 Å². The summed E-state index contributed by atoms with van der Waals surface area (Å²) in [5, 5.41) is 0. The topological polar surface area (TPSA) is 64.7 Å². The molecular weight excluding hydrogens is 340 g/mol. The van der Waals surface area contributed by atoms with Crippen LogP contribution in [-0.4, -0.2) is 66.8 Å². The van der Waals surface area contributed by atoms with Gasteiger partial charge in [-0.25, -0.2) is 5.43 Å². The molecule has 3 aliphatic heterocycles. The van der Waals surface area contributed by atoms with Crippen molar-refractivity contribution >= 4 is 11.7 Å². The average Bonchev–Trinajstić information content (AvgIpc) is 3.11. The highest BCUT2D eigenvalue weighted by molar-refractivity contribution is 5.86. The van der Waals surface area contributed by atoms with Crippen molar-refractivity contribution in [2.45, 2.75) is 37.8 Å². The molecule has 0 aromatic heterocycles. The lowest BCUT2D eigenvalue weighted by Gasteiger charge is -2.37. The van der Waals surface area contributed by atoms with Gasteiger partial charge in [-0.1, -0.05) is 30.3 Å². The minimum Gasteiger partial charge on any atom is -0.341 e. The highest BCUT2D eigenvalue weighted by Crippen LogP contribution is 2.27. The fourth-order valence-electron chi connectivity index (χ4n) is 4.80. The molecule has 1 amide bonds. The molecule has 0 bridgehead atoms. The van der Waals surface area contributed by atoms with Gasteiger partial charge in [0.15, 0.2) is 0 Å². The van der Waals surface area contributed by atoms with Crippen LogP contribution in [0.2, 0.25) is 0 Å². The van der Waals surface area contributed by atoms with Crippen LogP contribution in [-0.2, 0) is 16.0 Å². The second-order valence-electron chi connectivity index (χ2n) is 8.34. The van der Waals surface area contributed by atoms with Crippen molar-refractivity contribution in [3.63, 3.8) is 0 Å². The van der Waals surface area contributed by atoms with Crippen LogP contribution in [0.25, 0.3) is 0 Å². The maximum absolute atomic E-state index is 13.2. The molecular formula is C21H30N4O2. The van der Waals surface area contributed by atoms with Crippen LogP contribution in [0.3, 0.4) is 0 Å². The van der Waals surface area contributed by atoms with E-state index in [0.717, 1.165) is 44.5 Å². The summed E-state index contributed by atoms with van der Waals surface area (Å²) in [6, 6.07) is 10.1. The van der Waals surface area contributed by atoms with Crippen molar-refractivity contribution in [3.8, 4) is 0 Å². The van der Waals surface area contributed by atoms with E-state index in [1.54, 1.807) is 0 Å². The first-order chi connectivity index (χ1) is 13.1. The summed E-state index contributed by atoms with van der Waals surface area (Å²) in [5.41, 5.74) is 7.63. The number of amides is 1. The third-order valence-electron chi connectivity index (χ3n) is 6.39. The van der Waals surface area contributed by atoms with E-state index < -0.39 is 0 Å². The molecule has 3 aliphatic rings. The Hall–Kier alpha value is -1.76. The van der Waals surface area contributed by atoms with Gasteiger partial charge in [0.2, 0.25) is 5.91 Å². The lowest BCUT2D eigenvalue weighted by molar-refractivity contribution is -0.137. The highest BCUT2D eigenvalue weighted by atomic mass is 16.2. The number of piperidine rings is 2. The maximum atomic E-state index is 13.2. The van der Waals surface area contributed by atoms with Crippen molar-refractivity contribution in [3.05, 3.63) is 35.9 Å². The molecule has 3 saturated heterocycles. The molecule has 4 atom stereocenters. The average molecular weight is 370 g/mol. The molecule has 0 saturated carbocycles. The summed E-state index contributed by atoms with van der Waals surface area (Å²) in [4.78, 5) is 30.2. The van der Waals surface area contributed by atoms with Crippen LogP contribution >= 0.6 is 0 Å². The molecule has 3 fully saturated rings. The van der Waals surface area contributed by atoms with Crippen molar-refractivity contribution in [2.75, 3.05) is 33.2 Å². The Balaban J connectivity index is 1.37. The summed E-state index contributed by atoms with van der Waals surface area (Å²) >= 11 is 0. The van der Waals surface area contributed by atoms with E-state index in [0.29, 0.717) is 24.9 Å². The molecule has 2 N–H and O–H groups in total. The van der Waals surface area contributed by atoms with Gasteiger partial charge in [-0.05, 0) is 38.4 Å². The highest BCUT2D eigenvalue weighted by Gasteiger charge is 2.44. The first-order valence-corrected chi connectivity index (χ1v) is 10.2. The van der Waals surface area contributed by atoms with Crippen molar-refractivity contribution in [1.29, 1.82) is 0 Å². The zero-order chi connectivity index (χ0) is 18.8. The normalized spacial score (nSPS) is 31.5. The Morgan fingerprint density at radius 1 is 1.07 bits per heavy atom. The van der Waals surface area contributed by atoms with Gasteiger partial charge < -0.3 is 9.80 Å². The quantitative estimate of drug-likeness (QED) is 0.822. The van der Waals surface area contributed by atoms with Gasteiger partial charge in [0.25, 0.3) is 0 Å². The summed E-state index contributed by atoms with van der Waals surface area (Å²) in [5.74, 6) is 0.674. The molecule has 27 heavy (non-hydrogen) atoms. The third kappa shape index (κ3) is 4.08. The van der Waals surface area contributed by atoms with E-state index in [1.165, 1.54) is 0 Å².